The SMILES string of the molecule is COC1C=CC(C2CCC=CCO2)=CC1. The smallest absolute Gasteiger partial charge is 0.0829 e. The Morgan fingerprint density at radius 3 is 3.07 bits per heavy atom. The lowest BCUT2D eigenvalue weighted by atomic mass is 9.98. The summed E-state index contributed by atoms with van der Waals surface area (Å²) in [4.78, 5) is 0. The van der Waals surface area contributed by atoms with Crippen molar-refractivity contribution >= 4 is 0 Å². The van der Waals surface area contributed by atoms with Gasteiger partial charge in [-0.15, -0.1) is 0 Å². The second-order valence-electron chi connectivity index (χ2n) is 3.94. The highest BCUT2D eigenvalue weighted by Gasteiger charge is 2.16. The molecular formula is C13H18O2. The van der Waals surface area contributed by atoms with Crippen molar-refractivity contribution in [3.05, 3.63) is 36.0 Å². The fraction of sp³-hybridized carbons (Fsp3) is 0.538. The molecule has 82 valence electrons. The van der Waals surface area contributed by atoms with E-state index in [1.807, 2.05) is 0 Å². The summed E-state index contributed by atoms with van der Waals surface area (Å²) in [5.41, 5.74) is 1.31. The molecule has 2 unspecified atom stereocenters. The summed E-state index contributed by atoms with van der Waals surface area (Å²) < 4.78 is 11.0. The third-order valence-electron chi connectivity index (χ3n) is 2.92. The quantitative estimate of drug-likeness (QED) is 0.647. The molecule has 0 saturated heterocycles. The lowest BCUT2D eigenvalue weighted by Crippen LogP contribution is -2.18. The van der Waals surface area contributed by atoms with Gasteiger partial charge in [-0.3, -0.25) is 0 Å². The van der Waals surface area contributed by atoms with Gasteiger partial charge in [-0.25, -0.2) is 0 Å². The summed E-state index contributed by atoms with van der Waals surface area (Å²) in [5, 5.41) is 0. The van der Waals surface area contributed by atoms with E-state index in [0.29, 0.717) is 0 Å². The Morgan fingerprint density at radius 2 is 2.33 bits per heavy atom. The van der Waals surface area contributed by atoms with Crippen LogP contribution in [0.2, 0.25) is 0 Å². The third-order valence-corrected chi connectivity index (χ3v) is 2.92. The molecule has 2 aliphatic rings. The van der Waals surface area contributed by atoms with E-state index in [-0.39, 0.29) is 12.2 Å². The molecule has 0 amide bonds. The number of hydrogen-bond acceptors (Lipinski definition) is 2. The number of allylic oxidation sites excluding steroid dienone is 1. The average Bonchev–Trinajstić information content (AvgIpc) is 2.58. The second-order valence-corrected chi connectivity index (χ2v) is 3.94. The number of methoxy groups -OCH3 is 1. The first-order valence-electron chi connectivity index (χ1n) is 5.58. The van der Waals surface area contributed by atoms with E-state index in [9.17, 15) is 0 Å². The van der Waals surface area contributed by atoms with Crippen molar-refractivity contribution in [3.63, 3.8) is 0 Å². The Kier molecular flexibility index (Phi) is 3.75. The molecule has 0 spiro atoms. The zero-order valence-corrected chi connectivity index (χ0v) is 9.19. The molecule has 0 aromatic rings. The van der Waals surface area contributed by atoms with Crippen LogP contribution in [-0.2, 0) is 9.47 Å². The Bertz CT molecular complexity index is 279. The maximum absolute atomic E-state index is 5.76. The Balaban J connectivity index is 1.94. The molecule has 2 rings (SSSR count). The maximum atomic E-state index is 5.76. The summed E-state index contributed by atoms with van der Waals surface area (Å²) in [6.07, 6.45) is 14.5. The maximum Gasteiger partial charge on any atom is 0.0829 e. The Labute approximate surface area is 91.3 Å². The van der Waals surface area contributed by atoms with Gasteiger partial charge in [0.15, 0.2) is 0 Å². The molecule has 15 heavy (non-hydrogen) atoms. The van der Waals surface area contributed by atoms with E-state index in [4.69, 9.17) is 9.47 Å². The summed E-state index contributed by atoms with van der Waals surface area (Å²) in [5.74, 6) is 0. The topological polar surface area (TPSA) is 18.5 Å². The van der Waals surface area contributed by atoms with Crippen LogP contribution >= 0.6 is 0 Å². The minimum atomic E-state index is 0.248. The van der Waals surface area contributed by atoms with Crippen LogP contribution in [0.5, 0.6) is 0 Å². The number of hydrogen-bond donors (Lipinski definition) is 0. The molecule has 0 N–H and O–H groups in total. The van der Waals surface area contributed by atoms with Gasteiger partial charge in [0.2, 0.25) is 0 Å². The predicted molar refractivity (Wildman–Crippen MR) is 60.8 cm³/mol. The van der Waals surface area contributed by atoms with Gasteiger partial charge >= 0.3 is 0 Å². The third kappa shape index (κ3) is 2.80. The molecule has 0 aromatic heterocycles. The van der Waals surface area contributed by atoms with E-state index >= 15 is 0 Å². The standard InChI is InChI=1S/C13H18O2/c1-14-12-8-6-11(7-9-12)13-5-3-2-4-10-15-13/h2,4,6-8,12-13H,3,5,9-10H2,1H3. The minimum absolute atomic E-state index is 0.248. The van der Waals surface area contributed by atoms with Gasteiger partial charge in [-0.2, -0.15) is 0 Å². The first-order valence-corrected chi connectivity index (χ1v) is 5.58. The lowest BCUT2D eigenvalue weighted by Gasteiger charge is -2.21. The minimum Gasteiger partial charge on any atom is -0.377 e. The van der Waals surface area contributed by atoms with Crippen molar-refractivity contribution in [2.24, 2.45) is 0 Å². The van der Waals surface area contributed by atoms with Gasteiger partial charge < -0.3 is 9.47 Å². The van der Waals surface area contributed by atoms with Crippen molar-refractivity contribution in [1.82, 2.24) is 0 Å². The van der Waals surface area contributed by atoms with Crippen molar-refractivity contribution in [3.8, 4) is 0 Å². The molecule has 0 radical (unpaired) electrons. The monoisotopic (exact) mass is 206 g/mol. The molecule has 2 nitrogen and oxygen atoms in total. The first kappa shape index (κ1) is 10.7. The molecule has 0 bridgehead atoms. The fourth-order valence-corrected chi connectivity index (χ4v) is 1.98. The summed E-state index contributed by atoms with van der Waals surface area (Å²) >= 11 is 0. The molecule has 2 heteroatoms. The van der Waals surface area contributed by atoms with Crippen LogP contribution in [0, 0.1) is 0 Å². The second kappa shape index (κ2) is 5.29. The van der Waals surface area contributed by atoms with E-state index in [1.54, 1.807) is 7.11 Å². The first-order chi connectivity index (χ1) is 7.40. The van der Waals surface area contributed by atoms with Gasteiger partial charge in [0.25, 0.3) is 0 Å². The summed E-state index contributed by atoms with van der Waals surface area (Å²) in [6.45, 7) is 0.740. The van der Waals surface area contributed by atoms with Crippen LogP contribution in [0.25, 0.3) is 0 Å². The number of rotatable bonds is 2. The highest BCUT2D eigenvalue weighted by molar-refractivity contribution is 5.28. The van der Waals surface area contributed by atoms with Gasteiger partial charge in [-0.05, 0) is 24.8 Å². The largest absolute Gasteiger partial charge is 0.377 e. The highest BCUT2D eigenvalue weighted by Crippen LogP contribution is 2.22. The van der Waals surface area contributed by atoms with Crippen LogP contribution in [0.3, 0.4) is 0 Å². The van der Waals surface area contributed by atoms with Crippen molar-refractivity contribution in [2.45, 2.75) is 31.5 Å². The van der Waals surface area contributed by atoms with E-state index in [1.165, 1.54) is 5.57 Å². The molecule has 0 aromatic carbocycles. The van der Waals surface area contributed by atoms with E-state index < -0.39 is 0 Å². The zero-order chi connectivity index (χ0) is 10.5. The van der Waals surface area contributed by atoms with Crippen LogP contribution in [0.1, 0.15) is 19.3 Å². The molecule has 0 saturated carbocycles. The number of ether oxygens (including phenoxy) is 2. The van der Waals surface area contributed by atoms with Crippen molar-refractivity contribution in [1.29, 1.82) is 0 Å². The molecular weight excluding hydrogens is 188 g/mol. The molecule has 1 aliphatic heterocycles. The normalized spacial score (nSPS) is 31.1. The highest BCUT2D eigenvalue weighted by atomic mass is 16.5. The predicted octanol–water partition coefficient (Wildman–Crippen LogP) is 2.62. The van der Waals surface area contributed by atoms with Crippen LogP contribution in [-0.4, -0.2) is 25.9 Å². The summed E-state index contributed by atoms with van der Waals surface area (Å²) in [7, 11) is 1.75. The van der Waals surface area contributed by atoms with E-state index in [2.05, 4.69) is 30.4 Å². The van der Waals surface area contributed by atoms with Crippen molar-refractivity contribution < 1.29 is 9.47 Å². The van der Waals surface area contributed by atoms with Crippen LogP contribution in [0.15, 0.2) is 36.0 Å². The van der Waals surface area contributed by atoms with Gasteiger partial charge in [-0.1, -0.05) is 30.4 Å². The molecule has 1 heterocycles. The fourth-order valence-electron chi connectivity index (χ4n) is 1.98. The van der Waals surface area contributed by atoms with Gasteiger partial charge in [0.1, 0.15) is 0 Å². The average molecular weight is 206 g/mol. The van der Waals surface area contributed by atoms with Crippen LogP contribution in [0.4, 0.5) is 0 Å². The zero-order valence-electron chi connectivity index (χ0n) is 9.19. The van der Waals surface area contributed by atoms with Crippen LogP contribution < -0.4 is 0 Å². The Hall–Kier alpha value is -0.860. The van der Waals surface area contributed by atoms with Crippen molar-refractivity contribution in [2.75, 3.05) is 13.7 Å². The molecule has 0 fully saturated rings. The Morgan fingerprint density at radius 1 is 1.40 bits per heavy atom. The molecule has 2 atom stereocenters. The molecule has 1 aliphatic carbocycles. The lowest BCUT2D eigenvalue weighted by molar-refractivity contribution is 0.0989. The van der Waals surface area contributed by atoms with Gasteiger partial charge in [0.05, 0.1) is 18.8 Å². The van der Waals surface area contributed by atoms with Gasteiger partial charge in [0, 0.05) is 7.11 Å². The summed E-state index contributed by atoms with van der Waals surface area (Å²) in [6, 6.07) is 0. The van der Waals surface area contributed by atoms with E-state index in [0.717, 1.165) is 25.9 Å².